The normalized spacial score (nSPS) is 24.3. The van der Waals surface area contributed by atoms with Crippen LogP contribution in [0.25, 0.3) is 0 Å². The van der Waals surface area contributed by atoms with Gasteiger partial charge in [-0.05, 0) is 37.3 Å². The summed E-state index contributed by atoms with van der Waals surface area (Å²) in [5, 5.41) is 3.98. The lowest BCUT2D eigenvalue weighted by atomic mass is 10.3. The molecule has 2 saturated carbocycles. The zero-order chi connectivity index (χ0) is 16.2. The maximum Gasteiger partial charge on any atom is 0.246 e. The second kappa shape index (κ2) is 5.21. The van der Waals surface area contributed by atoms with E-state index in [1.807, 2.05) is 12.1 Å². The first kappa shape index (κ1) is 15.0. The van der Waals surface area contributed by atoms with Gasteiger partial charge in [-0.25, -0.2) is 8.42 Å². The van der Waals surface area contributed by atoms with Crippen LogP contribution < -0.4 is 0 Å². The van der Waals surface area contributed by atoms with Crippen molar-refractivity contribution < 1.29 is 12.8 Å². The van der Waals surface area contributed by atoms with Gasteiger partial charge in [0, 0.05) is 25.2 Å². The van der Waals surface area contributed by atoms with Crippen LogP contribution in [0.2, 0.25) is 0 Å². The van der Waals surface area contributed by atoms with E-state index in [0.717, 1.165) is 30.8 Å². The third-order valence-electron chi connectivity index (χ3n) is 4.71. The predicted molar refractivity (Wildman–Crippen MR) is 84.2 cm³/mol. The Morgan fingerprint density at radius 1 is 1.39 bits per heavy atom. The van der Waals surface area contributed by atoms with Gasteiger partial charge in [0.1, 0.15) is 16.4 Å². The second-order valence-corrected chi connectivity index (χ2v) is 8.65. The fourth-order valence-corrected chi connectivity index (χ4v) is 4.63. The molecule has 2 aromatic rings. The minimum absolute atomic E-state index is 0.0774. The summed E-state index contributed by atoms with van der Waals surface area (Å²) in [6.07, 6.45) is 5.93. The van der Waals surface area contributed by atoms with Gasteiger partial charge in [-0.3, -0.25) is 4.68 Å². The molecule has 0 spiro atoms. The number of aromatic nitrogens is 2. The molecule has 2 fully saturated rings. The number of rotatable bonds is 6. The smallest absolute Gasteiger partial charge is 0.246 e. The first-order valence-corrected chi connectivity index (χ1v) is 9.48. The number of hydrogen-bond acceptors (Lipinski definition) is 4. The average molecular weight is 335 g/mol. The van der Waals surface area contributed by atoms with Crippen LogP contribution in [0.1, 0.15) is 43.6 Å². The molecule has 2 heterocycles. The molecule has 0 amide bonds. The molecular formula is C16H21N3O3S. The van der Waals surface area contributed by atoms with Crippen molar-refractivity contribution in [3.63, 3.8) is 0 Å². The first-order valence-electron chi connectivity index (χ1n) is 8.04. The van der Waals surface area contributed by atoms with Gasteiger partial charge in [0.25, 0.3) is 0 Å². The molecule has 23 heavy (non-hydrogen) atoms. The number of sulfonamides is 1. The molecular weight excluding hydrogens is 314 g/mol. The van der Waals surface area contributed by atoms with Crippen LogP contribution in [0.4, 0.5) is 0 Å². The van der Waals surface area contributed by atoms with Gasteiger partial charge in [-0.1, -0.05) is 6.92 Å². The highest BCUT2D eigenvalue weighted by atomic mass is 32.2. The van der Waals surface area contributed by atoms with Crippen LogP contribution in [0, 0.1) is 5.92 Å². The summed E-state index contributed by atoms with van der Waals surface area (Å²) in [5.41, 5.74) is 0. The lowest BCUT2D eigenvalue weighted by Gasteiger charge is -2.19. The highest BCUT2D eigenvalue weighted by Gasteiger charge is 2.40. The van der Waals surface area contributed by atoms with Crippen molar-refractivity contribution in [1.82, 2.24) is 14.1 Å². The predicted octanol–water partition coefficient (Wildman–Crippen LogP) is 2.49. The minimum atomic E-state index is -3.53. The summed E-state index contributed by atoms with van der Waals surface area (Å²) in [6, 6.07) is 3.98. The summed E-state index contributed by atoms with van der Waals surface area (Å²) in [4.78, 5) is 0.245. The van der Waals surface area contributed by atoms with Crippen molar-refractivity contribution in [3.8, 4) is 0 Å². The summed E-state index contributed by atoms with van der Waals surface area (Å²) in [5.74, 6) is 2.89. The molecule has 2 aliphatic rings. The van der Waals surface area contributed by atoms with E-state index in [-0.39, 0.29) is 10.9 Å². The van der Waals surface area contributed by atoms with Gasteiger partial charge in [0.05, 0.1) is 12.7 Å². The lowest BCUT2D eigenvalue weighted by Crippen LogP contribution is -2.32. The second-order valence-electron chi connectivity index (χ2n) is 6.75. The fraction of sp³-hybridized carbons (Fsp3) is 0.562. The van der Waals surface area contributed by atoms with Gasteiger partial charge in [-0.2, -0.15) is 9.40 Å². The van der Waals surface area contributed by atoms with Crippen LogP contribution in [0.3, 0.4) is 0 Å². The average Bonchev–Trinajstić information content (AvgIpc) is 3.37. The molecule has 0 bridgehead atoms. The topological polar surface area (TPSA) is 68.3 Å². The molecule has 2 aliphatic carbocycles. The molecule has 4 rings (SSSR count). The highest BCUT2D eigenvalue weighted by molar-refractivity contribution is 7.89. The summed E-state index contributed by atoms with van der Waals surface area (Å²) in [7, 11) is -1.81. The number of nitrogens with zero attached hydrogens (tertiary/aromatic N) is 3. The molecule has 2 unspecified atom stereocenters. The first-order chi connectivity index (χ1) is 10.9. The quantitative estimate of drug-likeness (QED) is 0.813. The minimum Gasteiger partial charge on any atom is -0.464 e. The van der Waals surface area contributed by atoms with Crippen molar-refractivity contribution >= 4 is 10.0 Å². The van der Waals surface area contributed by atoms with E-state index in [9.17, 15) is 8.42 Å². The van der Waals surface area contributed by atoms with E-state index < -0.39 is 10.0 Å². The van der Waals surface area contributed by atoms with Crippen LogP contribution in [0.15, 0.2) is 33.8 Å². The third-order valence-corrected chi connectivity index (χ3v) is 6.56. The summed E-state index contributed by atoms with van der Waals surface area (Å²) < 4.78 is 34.7. The Kier molecular flexibility index (Phi) is 3.39. The van der Waals surface area contributed by atoms with Crippen LogP contribution >= 0.6 is 0 Å². The molecule has 0 saturated heterocycles. The molecule has 2 atom stereocenters. The summed E-state index contributed by atoms with van der Waals surface area (Å²) >= 11 is 0. The Balaban J connectivity index is 1.57. The number of furan rings is 1. The Hall–Kier alpha value is -1.60. The molecule has 0 aromatic carbocycles. The number of aryl methyl sites for hydroxylation is 1. The van der Waals surface area contributed by atoms with Crippen molar-refractivity contribution in [1.29, 1.82) is 0 Å². The van der Waals surface area contributed by atoms with Gasteiger partial charge in [-0.15, -0.1) is 0 Å². The molecule has 7 heteroatoms. The maximum atomic E-state index is 12.9. The molecule has 0 radical (unpaired) electrons. The maximum absolute atomic E-state index is 12.9. The third kappa shape index (κ3) is 2.83. The van der Waals surface area contributed by atoms with Crippen LogP contribution in [-0.4, -0.2) is 28.5 Å². The zero-order valence-electron chi connectivity index (χ0n) is 13.3. The van der Waals surface area contributed by atoms with Gasteiger partial charge < -0.3 is 4.42 Å². The Labute approximate surface area is 136 Å². The Morgan fingerprint density at radius 2 is 2.13 bits per heavy atom. The SMILES string of the molecule is CC1CC1c1ccc(CN(C2CC2)S(=O)(=O)c2cnn(C)c2)o1. The van der Waals surface area contributed by atoms with E-state index in [1.165, 1.54) is 10.9 Å². The molecule has 0 N–H and O–H groups in total. The van der Waals surface area contributed by atoms with Gasteiger partial charge >= 0.3 is 0 Å². The van der Waals surface area contributed by atoms with E-state index in [4.69, 9.17) is 4.42 Å². The monoisotopic (exact) mass is 335 g/mol. The Morgan fingerprint density at radius 3 is 2.70 bits per heavy atom. The molecule has 124 valence electrons. The highest BCUT2D eigenvalue weighted by Crippen LogP contribution is 2.47. The van der Waals surface area contributed by atoms with E-state index in [1.54, 1.807) is 17.5 Å². The molecule has 0 aliphatic heterocycles. The van der Waals surface area contributed by atoms with Crippen molar-refractivity contribution in [2.75, 3.05) is 0 Å². The van der Waals surface area contributed by atoms with E-state index >= 15 is 0 Å². The van der Waals surface area contributed by atoms with Crippen LogP contribution in [0.5, 0.6) is 0 Å². The zero-order valence-corrected chi connectivity index (χ0v) is 14.2. The summed E-state index contributed by atoms with van der Waals surface area (Å²) in [6.45, 7) is 2.50. The van der Waals surface area contributed by atoms with E-state index in [2.05, 4.69) is 12.0 Å². The van der Waals surface area contributed by atoms with Crippen molar-refractivity contribution in [2.24, 2.45) is 13.0 Å². The number of hydrogen-bond donors (Lipinski definition) is 0. The molecule has 2 aromatic heterocycles. The standard InChI is InChI=1S/C16H21N3O3S/c1-11-7-15(11)16-6-5-13(22-16)9-19(12-3-4-12)23(20,21)14-8-17-18(2)10-14/h5-6,8,10-12,15H,3-4,7,9H2,1-2H3. The lowest BCUT2D eigenvalue weighted by molar-refractivity contribution is 0.347. The molecule has 6 nitrogen and oxygen atoms in total. The van der Waals surface area contributed by atoms with Gasteiger partial charge in [0.15, 0.2) is 0 Å². The van der Waals surface area contributed by atoms with Gasteiger partial charge in [0.2, 0.25) is 10.0 Å². The van der Waals surface area contributed by atoms with Crippen molar-refractivity contribution in [3.05, 3.63) is 36.0 Å². The fourth-order valence-electron chi connectivity index (χ4n) is 2.99. The Bertz CT molecular complexity index is 819. The largest absolute Gasteiger partial charge is 0.464 e. The van der Waals surface area contributed by atoms with Crippen molar-refractivity contribution in [2.45, 2.75) is 49.6 Å². The van der Waals surface area contributed by atoms with E-state index in [0.29, 0.717) is 18.4 Å². The van der Waals surface area contributed by atoms with Crippen LogP contribution in [-0.2, 0) is 23.6 Å².